The number of halogens is 2. The lowest BCUT2D eigenvalue weighted by Crippen LogP contribution is -1.76. The minimum Gasteiger partial charge on any atom is -0.508 e. The quantitative estimate of drug-likeness (QED) is 0.595. The molecule has 1 N–H and O–H groups in total. The third-order valence-corrected chi connectivity index (χ3v) is 2.32. The van der Waals surface area contributed by atoms with Crippen molar-refractivity contribution in [3.63, 3.8) is 0 Å². The van der Waals surface area contributed by atoms with Gasteiger partial charge >= 0.3 is 0 Å². The first-order chi connectivity index (χ1) is 5.18. The highest BCUT2D eigenvalue weighted by molar-refractivity contribution is 8.02. The Kier molecular flexibility index (Phi) is 3.37. The summed E-state index contributed by atoms with van der Waals surface area (Å²) in [5.74, 6) is 0.245. The second-order valence-electron chi connectivity index (χ2n) is 1.87. The number of hydrogen-bond acceptors (Lipinski definition) is 2. The number of rotatable bonds is 2. The highest BCUT2D eigenvalue weighted by Gasteiger charge is 2.00. The number of hydrogen-bond donors (Lipinski definition) is 1. The summed E-state index contributed by atoms with van der Waals surface area (Å²) < 4.78 is -0.459. The summed E-state index contributed by atoms with van der Waals surface area (Å²) in [7, 11) is 0. The molecule has 4 heteroatoms. The van der Waals surface area contributed by atoms with Gasteiger partial charge in [0, 0.05) is 4.90 Å². The fraction of sp³-hybridized carbons (Fsp3) is 0.143. The molecule has 0 fully saturated rings. The van der Waals surface area contributed by atoms with E-state index in [1.807, 2.05) is 0 Å². The first-order valence-corrected chi connectivity index (χ1v) is 4.67. The van der Waals surface area contributed by atoms with Gasteiger partial charge in [0.25, 0.3) is 0 Å². The van der Waals surface area contributed by atoms with Crippen LogP contribution in [0.15, 0.2) is 29.2 Å². The average molecular weight is 209 g/mol. The zero-order valence-corrected chi connectivity index (χ0v) is 7.83. The van der Waals surface area contributed by atoms with Gasteiger partial charge in [-0.1, -0.05) is 35.0 Å². The van der Waals surface area contributed by atoms with Crippen LogP contribution in [0, 0.1) is 0 Å². The molecule has 0 saturated heterocycles. The molecule has 0 unspecified atom stereocenters. The van der Waals surface area contributed by atoms with E-state index in [9.17, 15) is 0 Å². The molecule has 1 nitrogen and oxygen atoms in total. The van der Waals surface area contributed by atoms with Crippen LogP contribution in [0.25, 0.3) is 0 Å². The molecule has 0 aromatic heterocycles. The largest absolute Gasteiger partial charge is 0.508 e. The molecule has 1 aromatic carbocycles. The summed E-state index contributed by atoms with van der Waals surface area (Å²) in [6.07, 6.45) is 0. The molecule has 0 amide bonds. The van der Waals surface area contributed by atoms with Gasteiger partial charge in [0.2, 0.25) is 0 Å². The molecular weight excluding hydrogens is 203 g/mol. The van der Waals surface area contributed by atoms with Crippen molar-refractivity contribution < 1.29 is 5.11 Å². The minimum atomic E-state index is -0.459. The molecule has 1 aromatic rings. The molecule has 0 aliphatic heterocycles. The van der Waals surface area contributed by atoms with Crippen molar-refractivity contribution in [2.45, 2.75) is 9.06 Å². The van der Waals surface area contributed by atoms with Gasteiger partial charge in [-0.2, -0.15) is 0 Å². The van der Waals surface area contributed by atoms with Gasteiger partial charge in [-0.25, -0.2) is 0 Å². The Morgan fingerprint density at radius 2 is 1.73 bits per heavy atom. The normalized spacial score (nSPS) is 10.5. The monoisotopic (exact) mass is 208 g/mol. The molecule has 0 radical (unpaired) electrons. The fourth-order valence-electron chi connectivity index (χ4n) is 0.628. The SMILES string of the molecule is Oc1ccc(SC(Cl)Cl)cc1. The lowest BCUT2D eigenvalue weighted by Gasteiger charge is -2.00. The van der Waals surface area contributed by atoms with Crippen LogP contribution in [0.1, 0.15) is 0 Å². The highest BCUT2D eigenvalue weighted by atomic mass is 35.5. The van der Waals surface area contributed by atoms with Gasteiger partial charge < -0.3 is 5.11 Å². The zero-order chi connectivity index (χ0) is 8.27. The van der Waals surface area contributed by atoms with Crippen LogP contribution < -0.4 is 0 Å². The third-order valence-electron chi connectivity index (χ3n) is 1.06. The van der Waals surface area contributed by atoms with Gasteiger partial charge in [0.1, 0.15) is 5.75 Å². The predicted octanol–water partition coefficient (Wildman–Crippen LogP) is 3.25. The van der Waals surface area contributed by atoms with Gasteiger partial charge in [0.15, 0.2) is 4.17 Å². The maximum absolute atomic E-state index is 8.92. The number of phenols is 1. The molecule has 0 bridgehead atoms. The maximum Gasteiger partial charge on any atom is 0.157 e. The van der Waals surface area contributed by atoms with Crippen LogP contribution in [0.2, 0.25) is 0 Å². The molecule has 0 aliphatic rings. The van der Waals surface area contributed by atoms with E-state index in [1.165, 1.54) is 11.8 Å². The third kappa shape index (κ3) is 3.23. The van der Waals surface area contributed by atoms with Gasteiger partial charge in [-0.15, -0.1) is 0 Å². The molecule has 0 saturated carbocycles. The smallest absolute Gasteiger partial charge is 0.157 e. The Balaban J connectivity index is 2.66. The number of thioether (sulfide) groups is 1. The predicted molar refractivity (Wildman–Crippen MR) is 49.5 cm³/mol. The summed E-state index contributed by atoms with van der Waals surface area (Å²) in [5.41, 5.74) is 0. The molecule has 1 rings (SSSR count). The van der Waals surface area contributed by atoms with E-state index >= 15 is 0 Å². The first kappa shape index (κ1) is 9.04. The van der Waals surface area contributed by atoms with Gasteiger partial charge in [-0.3, -0.25) is 0 Å². The standard InChI is InChI=1S/C7H6Cl2OS/c8-7(9)11-6-3-1-5(10)2-4-6/h1-4,7,10H. The van der Waals surface area contributed by atoms with E-state index in [2.05, 4.69) is 0 Å². The number of alkyl halides is 2. The summed E-state index contributed by atoms with van der Waals surface area (Å²) in [5, 5.41) is 8.92. The zero-order valence-electron chi connectivity index (χ0n) is 5.50. The Labute approximate surface area is 79.3 Å². The van der Waals surface area contributed by atoms with E-state index in [-0.39, 0.29) is 5.75 Å². The molecule has 0 aliphatic carbocycles. The Morgan fingerprint density at radius 3 is 2.18 bits per heavy atom. The van der Waals surface area contributed by atoms with E-state index < -0.39 is 4.17 Å². The Morgan fingerprint density at radius 1 is 1.18 bits per heavy atom. The van der Waals surface area contributed by atoms with Crippen molar-refractivity contribution in [2.75, 3.05) is 0 Å². The van der Waals surface area contributed by atoms with E-state index in [1.54, 1.807) is 24.3 Å². The van der Waals surface area contributed by atoms with E-state index in [4.69, 9.17) is 28.3 Å². The van der Waals surface area contributed by atoms with E-state index in [0.717, 1.165) is 4.90 Å². The van der Waals surface area contributed by atoms with E-state index in [0.29, 0.717) is 0 Å². The summed E-state index contributed by atoms with van der Waals surface area (Å²) >= 11 is 12.4. The number of phenolic OH excluding ortho intramolecular Hbond substituents is 1. The summed E-state index contributed by atoms with van der Waals surface area (Å²) in [6, 6.07) is 6.71. The van der Waals surface area contributed by atoms with Crippen molar-refractivity contribution in [1.82, 2.24) is 0 Å². The Bertz CT molecular complexity index is 222. The molecular formula is C7H6Cl2OS. The van der Waals surface area contributed by atoms with Crippen LogP contribution in [0.4, 0.5) is 0 Å². The van der Waals surface area contributed by atoms with Crippen LogP contribution in [-0.4, -0.2) is 9.27 Å². The van der Waals surface area contributed by atoms with Crippen molar-refractivity contribution in [3.8, 4) is 5.75 Å². The maximum atomic E-state index is 8.92. The molecule has 11 heavy (non-hydrogen) atoms. The van der Waals surface area contributed by atoms with Crippen molar-refractivity contribution in [2.24, 2.45) is 0 Å². The Hall–Kier alpha value is -0.0500. The minimum absolute atomic E-state index is 0.245. The lowest BCUT2D eigenvalue weighted by atomic mass is 10.3. The highest BCUT2D eigenvalue weighted by Crippen LogP contribution is 2.29. The summed E-state index contributed by atoms with van der Waals surface area (Å²) in [4.78, 5) is 0.942. The number of aromatic hydroxyl groups is 1. The van der Waals surface area contributed by atoms with Crippen LogP contribution >= 0.6 is 35.0 Å². The van der Waals surface area contributed by atoms with Gasteiger partial charge in [0.05, 0.1) is 0 Å². The van der Waals surface area contributed by atoms with Crippen molar-refractivity contribution >= 4 is 35.0 Å². The first-order valence-electron chi connectivity index (χ1n) is 2.92. The molecule has 0 atom stereocenters. The number of benzene rings is 1. The fourth-order valence-corrected chi connectivity index (χ4v) is 1.74. The van der Waals surface area contributed by atoms with Crippen molar-refractivity contribution in [1.29, 1.82) is 0 Å². The van der Waals surface area contributed by atoms with Gasteiger partial charge in [-0.05, 0) is 24.3 Å². The van der Waals surface area contributed by atoms with Crippen LogP contribution in [-0.2, 0) is 0 Å². The summed E-state index contributed by atoms with van der Waals surface area (Å²) in [6.45, 7) is 0. The molecule has 0 heterocycles. The second kappa shape index (κ2) is 4.10. The second-order valence-corrected chi connectivity index (χ2v) is 4.66. The van der Waals surface area contributed by atoms with Crippen LogP contribution in [0.5, 0.6) is 5.75 Å². The average Bonchev–Trinajstić information content (AvgIpc) is 1.93. The molecule has 0 spiro atoms. The topological polar surface area (TPSA) is 20.2 Å². The van der Waals surface area contributed by atoms with Crippen molar-refractivity contribution in [3.05, 3.63) is 24.3 Å². The molecule has 60 valence electrons. The van der Waals surface area contributed by atoms with Crippen LogP contribution in [0.3, 0.4) is 0 Å². The lowest BCUT2D eigenvalue weighted by molar-refractivity contribution is 0.475.